The lowest BCUT2D eigenvalue weighted by Crippen LogP contribution is -2.11. The first-order valence-corrected chi connectivity index (χ1v) is 3.45. The van der Waals surface area contributed by atoms with Gasteiger partial charge in [0.25, 0.3) is 0 Å². The van der Waals surface area contributed by atoms with Crippen molar-refractivity contribution in [3.63, 3.8) is 0 Å². The number of aromatic nitrogens is 1. The number of aryl methyl sites for hydroxylation is 1. The van der Waals surface area contributed by atoms with Gasteiger partial charge in [-0.1, -0.05) is 6.07 Å². The maximum atomic E-state index is 12.2. The van der Waals surface area contributed by atoms with Crippen molar-refractivity contribution in [1.29, 1.82) is 0 Å². The Bertz CT molecular complexity index is 333. The SMILES string of the molecule is Cc1ccc(C=O)nc1C(F)(F)F. The number of nitrogens with zero attached hydrogens (tertiary/aromatic N) is 1. The van der Waals surface area contributed by atoms with Crippen LogP contribution < -0.4 is 0 Å². The van der Waals surface area contributed by atoms with Crippen molar-refractivity contribution in [2.75, 3.05) is 0 Å². The van der Waals surface area contributed by atoms with Crippen LogP contribution in [0.2, 0.25) is 0 Å². The van der Waals surface area contributed by atoms with Gasteiger partial charge in [-0.25, -0.2) is 4.98 Å². The molecular formula is C8H6F3NO. The molecule has 0 aromatic carbocycles. The highest BCUT2D eigenvalue weighted by Crippen LogP contribution is 2.29. The van der Waals surface area contributed by atoms with E-state index in [9.17, 15) is 18.0 Å². The van der Waals surface area contributed by atoms with Crippen LogP contribution in [0.1, 0.15) is 21.7 Å². The van der Waals surface area contributed by atoms with E-state index in [4.69, 9.17) is 0 Å². The van der Waals surface area contributed by atoms with Crippen LogP contribution in [0.3, 0.4) is 0 Å². The van der Waals surface area contributed by atoms with Gasteiger partial charge in [-0.05, 0) is 18.6 Å². The van der Waals surface area contributed by atoms with Crippen molar-refractivity contribution in [3.8, 4) is 0 Å². The average Bonchev–Trinajstić information content (AvgIpc) is 2.03. The van der Waals surface area contributed by atoms with E-state index in [0.29, 0.717) is 0 Å². The summed E-state index contributed by atoms with van der Waals surface area (Å²) in [5.41, 5.74) is -1.20. The molecule has 13 heavy (non-hydrogen) atoms. The van der Waals surface area contributed by atoms with Crippen LogP contribution in [-0.4, -0.2) is 11.3 Å². The van der Waals surface area contributed by atoms with Crippen molar-refractivity contribution < 1.29 is 18.0 Å². The van der Waals surface area contributed by atoms with Crippen LogP contribution in [0, 0.1) is 6.92 Å². The van der Waals surface area contributed by atoms with Gasteiger partial charge in [0.05, 0.1) is 0 Å². The second kappa shape index (κ2) is 3.16. The summed E-state index contributed by atoms with van der Waals surface area (Å²) in [5.74, 6) is 0. The minimum absolute atomic E-state index is 0.0121. The maximum Gasteiger partial charge on any atom is 0.433 e. The molecule has 0 aliphatic rings. The van der Waals surface area contributed by atoms with E-state index in [0.717, 1.165) is 0 Å². The first-order valence-electron chi connectivity index (χ1n) is 3.45. The molecule has 70 valence electrons. The Kier molecular flexibility index (Phi) is 2.36. The fraction of sp³-hybridized carbons (Fsp3) is 0.250. The normalized spacial score (nSPS) is 11.4. The lowest BCUT2D eigenvalue weighted by atomic mass is 10.2. The topological polar surface area (TPSA) is 30.0 Å². The largest absolute Gasteiger partial charge is 0.433 e. The smallest absolute Gasteiger partial charge is 0.296 e. The number of alkyl halides is 3. The van der Waals surface area contributed by atoms with Crippen molar-refractivity contribution in [1.82, 2.24) is 4.98 Å². The number of rotatable bonds is 1. The molecule has 0 N–H and O–H groups in total. The highest BCUT2D eigenvalue weighted by atomic mass is 19.4. The van der Waals surface area contributed by atoms with E-state index in [-0.39, 0.29) is 17.5 Å². The standard InChI is InChI=1S/C8H6F3NO/c1-5-2-3-6(4-13)12-7(5)8(9,10)11/h2-4H,1H3. The molecule has 2 nitrogen and oxygen atoms in total. The third-order valence-electron chi connectivity index (χ3n) is 1.51. The van der Waals surface area contributed by atoms with Gasteiger partial charge in [-0.3, -0.25) is 4.79 Å². The van der Waals surface area contributed by atoms with E-state index >= 15 is 0 Å². The Balaban J connectivity index is 3.27. The van der Waals surface area contributed by atoms with Crippen LogP contribution in [-0.2, 0) is 6.18 Å². The van der Waals surface area contributed by atoms with E-state index < -0.39 is 11.9 Å². The van der Waals surface area contributed by atoms with Gasteiger partial charge >= 0.3 is 6.18 Å². The third kappa shape index (κ3) is 2.05. The number of pyridine rings is 1. The predicted molar refractivity (Wildman–Crippen MR) is 39.4 cm³/mol. The van der Waals surface area contributed by atoms with Crippen molar-refractivity contribution in [2.24, 2.45) is 0 Å². The molecule has 1 rings (SSSR count). The molecule has 0 aliphatic heterocycles. The molecule has 1 aromatic heterocycles. The molecule has 0 spiro atoms. The Labute approximate surface area is 72.4 Å². The fourth-order valence-electron chi connectivity index (χ4n) is 0.896. The number of hydrogen-bond donors (Lipinski definition) is 0. The summed E-state index contributed by atoms with van der Waals surface area (Å²) in [4.78, 5) is 13.3. The number of carbonyl (C=O) groups excluding carboxylic acids is 1. The molecule has 0 bridgehead atoms. The van der Waals surface area contributed by atoms with Gasteiger partial charge in [0, 0.05) is 0 Å². The molecule has 0 saturated heterocycles. The average molecular weight is 189 g/mol. The van der Waals surface area contributed by atoms with Gasteiger partial charge in [0.1, 0.15) is 11.4 Å². The number of carbonyl (C=O) groups is 1. The zero-order chi connectivity index (χ0) is 10.1. The Morgan fingerprint density at radius 2 is 2.00 bits per heavy atom. The molecule has 0 atom stereocenters. The molecule has 1 aromatic rings. The lowest BCUT2D eigenvalue weighted by Gasteiger charge is -2.08. The first kappa shape index (κ1) is 9.70. The number of hydrogen-bond acceptors (Lipinski definition) is 2. The van der Waals surface area contributed by atoms with E-state index in [2.05, 4.69) is 4.98 Å². The van der Waals surface area contributed by atoms with E-state index in [1.807, 2.05) is 0 Å². The molecule has 0 aliphatic carbocycles. The van der Waals surface area contributed by atoms with E-state index in [1.165, 1.54) is 19.1 Å². The van der Waals surface area contributed by atoms with Gasteiger partial charge in [-0.15, -0.1) is 0 Å². The minimum Gasteiger partial charge on any atom is -0.296 e. The summed E-state index contributed by atoms with van der Waals surface area (Å²) in [6.45, 7) is 1.30. The molecule has 0 fully saturated rings. The van der Waals surface area contributed by atoms with Crippen molar-refractivity contribution >= 4 is 6.29 Å². The Morgan fingerprint density at radius 3 is 2.46 bits per heavy atom. The highest BCUT2D eigenvalue weighted by Gasteiger charge is 2.34. The zero-order valence-corrected chi connectivity index (χ0v) is 6.72. The third-order valence-corrected chi connectivity index (χ3v) is 1.51. The molecule has 0 saturated carbocycles. The minimum atomic E-state index is -4.50. The maximum absolute atomic E-state index is 12.2. The summed E-state index contributed by atoms with van der Waals surface area (Å²) in [5, 5.41) is 0. The van der Waals surface area contributed by atoms with E-state index in [1.54, 1.807) is 0 Å². The van der Waals surface area contributed by atoms with Crippen LogP contribution in [0.15, 0.2) is 12.1 Å². The molecule has 1 heterocycles. The number of aldehydes is 1. The summed E-state index contributed by atoms with van der Waals surface area (Å²) in [6, 6.07) is 2.47. The second-order valence-corrected chi connectivity index (χ2v) is 2.52. The molecular weight excluding hydrogens is 183 g/mol. The fourth-order valence-corrected chi connectivity index (χ4v) is 0.896. The van der Waals surface area contributed by atoms with Crippen LogP contribution in [0.4, 0.5) is 13.2 Å². The summed E-state index contributed by atoms with van der Waals surface area (Å²) < 4.78 is 36.6. The Hall–Kier alpha value is -1.39. The summed E-state index contributed by atoms with van der Waals surface area (Å²) in [7, 11) is 0. The van der Waals surface area contributed by atoms with Crippen molar-refractivity contribution in [2.45, 2.75) is 13.1 Å². The van der Waals surface area contributed by atoms with Crippen LogP contribution >= 0.6 is 0 Å². The zero-order valence-electron chi connectivity index (χ0n) is 6.72. The van der Waals surface area contributed by atoms with Crippen molar-refractivity contribution in [3.05, 3.63) is 29.1 Å². The highest BCUT2D eigenvalue weighted by molar-refractivity contribution is 5.71. The quantitative estimate of drug-likeness (QED) is 0.634. The molecule has 5 heteroatoms. The van der Waals surface area contributed by atoms with Gasteiger partial charge in [0.15, 0.2) is 6.29 Å². The predicted octanol–water partition coefficient (Wildman–Crippen LogP) is 2.22. The second-order valence-electron chi connectivity index (χ2n) is 2.52. The first-order chi connectivity index (χ1) is 5.95. The van der Waals surface area contributed by atoms with Crippen LogP contribution in [0.25, 0.3) is 0 Å². The van der Waals surface area contributed by atoms with Crippen LogP contribution in [0.5, 0.6) is 0 Å². The number of halogens is 3. The van der Waals surface area contributed by atoms with Gasteiger partial charge in [0.2, 0.25) is 0 Å². The lowest BCUT2D eigenvalue weighted by molar-refractivity contribution is -0.141. The summed E-state index contributed by atoms with van der Waals surface area (Å²) in [6.07, 6.45) is -4.21. The molecule has 0 radical (unpaired) electrons. The van der Waals surface area contributed by atoms with Gasteiger partial charge < -0.3 is 0 Å². The molecule has 0 unspecified atom stereocenters. The monoisotopic (exact) mass is 189 g/mol. The Morgan fingerprint density at radius 1 is 1.38 bits per heavy atom. The summed E-state index contributed by atoms with van der Waals surface area (Å²) >= 11 is 0. The molecule has 0 amide bonds. The van der Waals surface area contributed by atoms with Gasteiger partial charge in [-0.2, -0.15) is 13.2 Å².